The van der Waals surface area contributed by atoms with Crippen LogP contribution >= 0.6 is 11.8 Å². The molecule has 1 aromatic heterocycles. The van der Waals surface area contributed by atoms with E-state index in [1.54, 1.807) is 31.2 Å². The van der Waals surface area contributed by atoms with Gasteiger partial charge in [0, 0.05) is 6.07 Å². The molecule has 0 fully saturated rings. The van der Waals surface area contributed by atoms with E-state index >= 15 is 0 Å². The van der Waals surface area contributed by atoms with Crippen LogP contribution in [0.25, 0.3) is 11.4 Å². The number of halogens is 1. The van der Waals surface area contributed by atoms with Gasteiger partial charge in [0.05, 0.1) is 27.5 Å². The van der Waals surface area contributed by atoms with Crippen LogP contribution in [0, 0.1) is 22.9 Å². The molecule has 0 saturated carbocycles. The van der Waals surface area contributed by atoms with Gasteiger partial charge in [-0.1, -0.05) is 30.0 Å². The fourth-order valence-electron chi connectivity index (χ4n) is 2.36. The summed E-state index contributed by atoms with van der Waals surface area (Å²) in [5.74, 6) is -0.521. The zero-order valence-electron chi connectivity index (χ0n) is 14.1. The SMILES string of the molecule is Cc1c(NC(=O)CSc2n[nH]c(-c3ccccc3F)n2)cccc1[N+](=O)[O-]. The number of benzene rings is 2. The highest BCUT2D eigenvalue weighted by Gasteiger charge is 2.16. The van der Waals surface area contributed by atoms with Crippen molar-refractivity contribution < 1.29 is 14.1 Å². The van der Waals surface area contributed by atoms with Gasteiger partial charge in [0.25, 0.3) is 5.69 Å². The number of nitro groups is 1. The van der Waals surface area contributed by atoms with Gasteiger partial charge in [-0.15, -0.1) is 5.10 Å². The van der Waals surface area contributed by atoms with Crippen LogP contribution in [0.4, 0.5) is 15.8 Å². The first-order chi connectivity index (χ1) is 13.0. The van der Waals surface area contributed by atoms with E-state index in [4.69, 9.17) is 0 Å². The van der Waals surface area contributed by atoms with Crippen molar-refractivity contribution >= 4 is 29.0 Å². The Morgan fingerprint density at radius 1 is 1.30 bits per heavy atom. The first-order valence-corrected chi connectivity index (χ1v) is 8.78. The number of carbonyl (C=O) groups is 1. The average molecular weight is 387 g/mol. The van der Waals surface area contributed by atoms with Gasteiger partial charge >= 0.3 is 0 Å². The Balaban J connectivity index is 1.63. The molecular weight excluding hydrogens is 373 g/mol. The average Bonchev–Trinajstić information content (AvgIpc) is 3.10. The quantitative estimate of drug-likeness (QED) is 0.380. The number of H-pyrrole nitrogens is 1. The lowest BCUT2D eigenvalue weighted by Crippen LogP contribution is -2.15. The highest BCUT2D eigenvalue weighted by atomic mass is 32.2. The molecule has 0 aliphatic carbocycles. The first kappa shape index (κ1) is 18.5. The maximum atomic E-state index is 13.8. The highest BCUT2D eigenvalue weighted by molar-refractivity contribution is 7.99. The largest absolute Gasteiger partial charge is 0.325 e. The van der Waals surface area contributed by atoms with Crippen LogP contribution in [0.5, 0.6) is 0 Å². The van der Waals surface area contributed by atoms with Crippen LogP contribution < -0.4 is 5.32 Å². The zero-order valence-corrected chi connectivity index (χ0v) is 14.9. The monoisotopic (exact) mass is 387 g/mol. The highest BCUT2D eigenvalue weighted by Crippen LogP contribution is 2.26. The fraction of sp³-hybridized carbons (Fsp3) is 0.118. The lowest BCUT2D eigenvalue weighted by Gasteiger charge is -2.07. The second kappa shape index (κ2) is 7.96. The van der Waals surface area contributed by atoms with Crippen LogP contribution in [0.3, 0.4) is 0 Å². The van der Waals surface area contributed by atoms with Crippen molar-refractivity contribution in [3.05, 3.63) is 64.0 Å². The minimum atomic E-state index is -0.502. The molecule has 0 radical (unpaired) electrons. The Labute approximate surface area is 157 Å². The van der Waals surface area contributed by atoms with E-state index in [2.05, 4.69) is 20.5 Å². The van der Waals surface area contributed by atoms with E-state index in [1.807, 2.05) is 0 Å². The van der Waals surface area contributed by atoms with Gasteiger partial charge in [-0.3, -0.25) is 20.0 Å². The van der Waals surface area contributed by atoms with Crippen molar-refractivity contribution in [2.75, 3.05) is 11.1 Å². The summed E-state index contributed by atoms with van der Waals surface area (Å²) in [4.78, 5) is 26.7. The Morgan fingerprint density at radius 3 is 2.81 bits per heavy atom. The number of aromatic amines is 1. The van der Waals surface area contributed by atoms with Gasteiger partial charge < -0.3 is 5.32 Å². The molecule has 3 rings (SSSR count). The molecule has 0 atom stereocenters. The maximum absolute atomic E-state index is 13.8. The van der Waals surface area contributed by atoms with Gasteiger partial charge in [-0.25, -0.2) is 9.37 Å². The van der Waals surface area contributed by atoms with E-state index in [0.717, 1.165) is 11.8 Å². The standard InChI is InChI=1S/C17H14FN5O3S/c1-10-13(7-4-8-14(10)23(25)26)19-15(24)9-27-17-20-16(21-22-17)11-5-2-3-6-12(11)18/h2-8H,9H2,1H3,(H,19,24)(H,20,21,22). The van der Waals surface area contributed by atoms with E-state index < -0.39 is 10.7 Å². The van der Waals surface area contributed by atoms with E-state index in [1.165, 1.54) is 18.2 Å². The molecule has 1 amide bonds. The van der Waals surface area contributed by atoms with E-state index in [-0.39, 0.29) is 28.7 Å². The van der Waals surface area contributed by atoms with Gasteiger partial charge in [0.1, 0.15) is 5.82 Å². The summed E-state index contributed by atoms with van der Waals surface area (Å²) in [6.07, 6.45) is 0. The van der Waals surface area contributed by atoms with Gasteiger partial charge in [0.2, 0.25) is 11.1 Å². The van der Waals surface area contributed by atoms with Crippen molar-refractivity contribution in [2.45, 2.75) is 12.1 Å². The molecule has 0 aliphatic heterocycles. The lowest BCUT2D eigenvalue weighted by atomic mass is 10.1. The maximum Gasteiger partial charge on any atom is 0.274 e. The smallest absolute Gasteiger partial charge is 0.274 e. The Morgan fingerprint density at radius 2 is 2.07 bits per heavy atom. The van der Waals surface area contributed by atoms with Gasteiger partial charge in [-0.05, 0) is 25.1 Å². The number of amides is 1. The second-order valence-electron chi connectivity index (χ2n) is 5.49. The normalized spacial score (nSPS) is 10.6. The van der Waals surface area contributed by atoms with E-state index in [9.17, 15) is 19.3 Å². The number of thioether (sulfide) groups is 1. The molecular formula is C17H14FN5O3S. The predicted molar refractivity (Wildman–Crippen MR) is 99.0 cm³/mol. The molecule has 0 bridgehead atoms. The molecule has 1 heterocycles. The number of rotatable bonds is 6. The molecule has 27 heavy (non-hydrogen) atoms. The molecule has 0 spiro atoms. The van der Waals surface area contributed by atoms with Crippen LogP contribution in [0.2, 0.25) is 0 Å². The summed E-state index contributed by atoms with van der Waals surface area (Å²) < 4.78 is 13.8. The van der Waals surface area contributed by atoms with Crippen LogP contribution in [0.1, 0.15) is 5.56 Å². The van der Waals surface area contributed by atoms with E-state index in [0.29, 0.717) is 16.4 Å². The van der Waals surface area contributed by atoms with Crippen molar-refractivity contribution in [3.63, 3.8) is 0 Å². The third kappa shape index (κ3) is 4.29. The fourth-order valence-corrected chi connectivity index (χ4v) is 2.96. The number of nitrogens with zero attached hydrogens (tertiary/aromatic N) is 3. The lowest BCUT2D eigenvalue weighted by molar-refractivity contribution is -0.385. The third-order valence-electron chi connectivity index (χ3n) is 3.70. The summed E-state index contributed by atoms with van der Waals surface area (Å²) in [7, 11) is 0. The molecule has 2 aromatic carbocycles. The number of carbonyl (C=O) groups excluding carboxylic acids is 1. The van der Waals surface area contributed by atoms with Crippen LogP contribution in [-0.4, -0.2) is 31.8 Å². The predicted octanol–water partition coefficient (Wildman–Crippen LogP) is 3.56. The number of hydrogen-bond acceptors (Lipinski definition) is 6. The minimum absolute atomic E-state index is 0.00328. The molecule has 8 nitrogen and oxygen atoms in total. The number of nitro benzene ring substituents is 1. The van der Waals surface area contributed by atoms with Crippen LogP contribution in [-0.2, 0) is 4.79 Å². The molecule has 2 N–H and O–H groups in total. The van der Waals surface area contributed by atoms with Crippen LogP contribution in [0.15, 0.2) is 47.6 Å². The minimum Gasteiger partial charge on any atom is -0.325 e. The Kier molecular flexibility index (Phi) is 5.46. The molecule has 0 unspecified atom stereocenters. The zero-order chi connectivity index (χ0) is 19.4. The number of hydrogen-bond donors (Lipinski definition) is 2. The molecule has 0 aliphatic rings. The number of nitrogens with one attached hydrogen (secondary N) is 2. The Hall–Kier alpha value is -3.27. The summed E-state index contributed by atoms with van der Waals surface area (Å²) in [6.45, 7) is 1.57. The number of aromatic nitrogens is 3. The summed E-state index contributed by atoms with van der Waals surface area (Å²) >= 11 is 1.06. The van der Waals surface area contributed by atoms with Crippen molar-refractivity contribution in [3.8, 4) is 11.4 Å². The molecule has 0 saturated heterocycles. The molecule has 3 aromatic rings. The summed E-state index contributed by atoms with van der Waals surface area (Å²) in [5, 5.41) is 20.5. The Bertz CT molecular complexity index is 1010. The third-order valence-corrected chi connectivity index (χ3v) is 4.55. The second-order valence-corrected chi connectivity index (χ2v) is 6.43. The molecule has 138 valence electrons. The number of anilines is 1. The first-order valence-electron chi connectivity index (χ1n) is 7.79. The summed E-state index contributed by atoms with van der Waals surface area (Å²) in [5.41, 5.74) is 0.967. The molecule has 10 heteroatoms. The summed E-state index contributed by atoms with van der Waals surface area (Å²) in [6, 6.07) is 10.6. The van der Waals surface area contributed by atoms with Crippen molar-refractivity contribution in [1.29, 1.82) is 0 Å². The van der Waals surface area contributed by atoms with Crippen molar-refractivity contribution in [1.82, 2.24) is 15.2 Å². The topological polar surface area (TPSA) is 114 Å². The van der Waals surface area contributed by atoms with Gasteiger partial charge in [-0.2, -0.15) is 0 Å². The van der Waals surface area contributed by atoms with Crippen molar-refractivity contribution in [2.24, 2.45) is 0 Å². The van der Waals surface area contributed by atoms with Gasteiger partial charge in [0.15, 0.2) is 5.82 Å².